The largest absolute Gasteiger partial charge is 0.463 e. The monoisotopic (exact) mass is 383 g/mol. The van der Waals surface area contributed by atoms with Crippen molar-refractivity contribution in [1.29, 1.82) is 0 Å². The van der Waals surface area contributed by atoms with E-state index in [9.17, 15) is 9.59 Å². The number of amides is 2. The van der Waals surface area contributed by atoms with E-state index in [-0.39, 0.29) is 12.6 Å². The molecular formula is C20H21N3O3S. The molecule has 27 heavy (non-hydrogen) atoms. The summed E-state index contributed by atoms with van der Waals surface area (Å²) in [5.74, 6) is -0.397. The molecular weight excluding hydrogens is 362 g/mol. The Bertz CT molecular complexity index is 892. The van der Waals surface area contributed by atoms with E-state index >= 15 is 0 Å². The van der Waals surface area contributed by atoms with Crippen molar-refractivity contribution in [2.75, 3.05) is 24.6 Å². The Balaban J connectivity index is 1.72. The number of urea groups is 1. The van der Waals surface area contributed by atoms with Crippen LogP contribution in [-0.4, -0.2) is 31.7 Å². The minimum Gasteiger partial charge on any atom is -0.463 e. The smallest absolute Gasteiger partial charge is 0.338 e. The number of hydrogen-bond donors (Lipinski definition) is 2. The number of hydrogen-bond acceptors (Lipinski definition) is 5. The van der Waals surface area contributed by atoms with E-state index in [4.69, 9.17) is 4.74 Å². The second-order valence-corrected chi connectivity index (χ2v) is 7.44. The lowest BCUT2D eigenvalue weighted by atomic mass is 10.0. The summed E-state index contributed by atoms with van der Waals surface area (Å²) < 4.78 is 5.31. The van der Waals surface area contributed by atoms with Gasteiger partial charge >= 0.3 is 12.0 Å². The van der Waals surface area contributed by atoms with Gasteiger partial charge < -0.3 is 20.3 Å². The van der Waals surface area contributed by atoms with Crippen LogP contribution in [0.1, 0.15) is 23.4 Å². The van der Waals surface area contributed by atoms with Gasteiger partial charge in [-0.2, -0.15) is 0 Å². The van der Waals surface area contributed by atoms with Crippen molar-refractivity contribution in [3.05, 3.63) is 63.5 Å². The van der Waals surface area contributed by atoms with Crippen molar-refractivity contribution in [2.45, 2.75) is 19.4 Å². The van der Waals surface area contributed by atoms with Gasteiger partial charge in [-0.1, -0.05) is 24.3 Å². The minimum atomic E-state index is -0.495. The molecule has 0 fully saturated rings. The fourth-order valence-corrected chi connectivity index (χ4v) is 4.41. The van der Waals surface area contributed by atoms with Crippen molar-refractivity contribution < 1.29 is 14.3 Å². The van der Waals surface area contributed by atoms with Crippen LogP contribution in [0.4, 0.5) is 10.5 Å². The number of nitrogens with zero attached hydrogens (tertiary/aromatic N) is 1. The highest BCUT2D eigenvalue weighted by molar-refractivity contribution is 7.10. The first-order valence-electron chi connectivity index (χ1n) is 9.01. The molecule has 140 valence electrons. The van der Waals surface area contributed by atoms with Crippen molar-refractivity contribution >= 4 is 29.0 Å². The van der Waals surface area contributed by atoms with Gasteiger partial charge in [0.25, 0.3) is 0 Å². The zero-order valence-corrected chi connectivity index (χ0v) is 15.8. The molecule has 1 atom stereocenters. The number of thiophene rings is 1. The van der Waals surface area contributed by atoms with Crippen LogP contribution in [0, 0.1) is 0 Å². The maximum atomic E-state index is 12.8. The highest BCUT2D eigenvalue weighted by atomic mass is 32.1. The molecule has 0 saturated carbocycles. The van der Waals surface area contributed by atoms with Gasteiger partial charge in [-0.15, -0.1) is 11.3 Å². The number of fused-ring (bicyclic) bond motifs is 1. The van der Waals surface area contributed by atoms with E-state index in [1.807, 2.05) is 29.6 Å². The quantitative estimate of drug-likeness (QED) is 0.779. The molecule has 0 saturated heterocycles. The van der Waals surface area contributed by atoms with Gasteiger partial charge in [0.1, 0.15) is 0 Å². The maximum absolute atomic E-state index is 12.8. The lowest BCUT2D eigenvalue weighted by Crippen LogP contribution is -2.48. The van der Waals surface area contributed by atoms with Gasteiger partial charge in [0.05, 0.1) is 30.5 Å². The van der Waals surface area contributed by atoms with Crippen LogP contribution in [-0.2, 0) is 16.0 Å². The van der Waals surface area contributed by atoms with Crippen LogP contribution >= 0.6 is 11.3 Å². The molecule has 1 aromatic carbocycles. The first kappa shape index (κ1) is 17.6. The Morgan fingerprint density at radius 1 is 1.30 bits per heavy atom. The molecule has 0 spiro atoms. The average molecular weight is 383 g/mol. The van der Waals surface area contributed by atoms with Crippen LogP contribution in [0.5, 0.6) is 0 Å². The summed E-state index contributed by atoms with van der Waals surface area (Å²) in [4.78, 5) is 28.2. The number of nitrogens with one attached hydrogen (secondary N) is 2. The summed E-state index contributed by atoms with van der Waals surface area (Å²) in [6, 6.07) is 11.3. The molecule has 0 bridgehead atoms. The summed E-state index contributed by atoms with van der Waals surface area (Å²) in [5, 5.41) is 7.65. The molecule has 3 heterocycles. The molecule has 4 rings (SSSR count). The van der Waals surface area contributed by atoms with Gasteiger partial charge in [0.15, 0.2) is 0 Å². The van der Waals surface area contributed by atoms with Crippen LogP contribution in [0.3, 0.4) is 0 Å². The molecule has 1 aromatic heterocycles. The summed E-state index contributed by atoms with van der Waals surface area (Å²) in [5.41, 5.74) is 3.51. The summed E-state index contributed by atoms with van der Waals surface area (Å²) in [7, 11) is 0. The lowest BCUT2D eigenvalue weighted by Gasteiger charge is -2.31. The van der Waals surface area contributed by atoms with Gasteiger partial charge in [-0.25, -0.2) is 9.59 Å². The standard InChI is InChI=1S/C20H21N3O3S/c1-2-26-19(24)17-14(12-23-10-9-13-6-3-4-7-15(13)23)21-20(25)22-18(17)16-8-5-11-27-16/h3-8,11,18H,2,9-10,12H2,1H3,(H2,21,22,25)/t18-/m0/s1. The highest BCUT2D eigenvalue weighted by Gasteiger charge is 2.35. The molecule has 2 amide bonds. The van der Waals surface area contributed by atoms with E-state index < -0.39 is 12.0 Å². The number of benzene rings is 1. The Hall–Kier alpha value is -2.80. The Morgan fingerprint density at radius 2 is 2.15 bits per heavy atom. The third-order valence-corrected chi connectivity index (χ3v) is 5.75. The SMILES string of the molecule is CCOC(=O)C1=C(CN2CCc3ccccc32)NC(=O)N[C@H]1c1cccs1. The molecule has 0 aliphatic carbocycles. The third-order valence-electron chi connectivity index (χ3n) is 4.81. The topological polar surface area (TPSA) is 70.7 Å². The van der Waals surface area contributed by atoms with Gasteiger partial charge in [0.2, 0.25) is 0 Å². The predicted molar refractivity (Wildman–Crippen MR) is 105 cm³/mol. The van der Waals surface area contributed by atoms with E-state index in [0.29, 0.717) is 17.8 Å². The molecule has 2 N–H and O–H groups in total. The molecule has 7 heteroatoms. The van der Waals surface area contributed by atoms with E-state index in [1.54, 1.807) is 6.92 Å². The number of anilines is 1. The first-order chi connectivity index (χ1) is 13.2. The van der Waals surface area contributed by atoms with E-state index in [2.05, 4.69) is 27.7 Å². The van der Waals surface area contributed by atoms with Crippen LogP contribution < -0.4 is 15.5 Å². The minimum absolute atomic E-state index is 0.285. The number of para-hydroxylation sites is 1. The second-order valence-electron chi connectivity index (χ2n) is 6.46. The fraction of sp³-hybridized carbons (Fsp3) is 0.300. The number of rotatable bonds is 5. The van der Waals surface area contributed by atoms with Gasteiger partial charge in [-0.05, 0) is 36.4 Å². The molecule has 2 aromatic rings. The second kappa shape index (κ2) is 7.44. The number of ether oxygens (including phenoxy) is 1. The van der Waals surface area contributed by atoms with Gasteiger partial charge in [0, 0.05) is 17.1 Å². The Kier molecular flexibility index (Phi) is 4.85. The average Bonchev–Trinajstić information content (AvgIpc) is 3.32. The van der Waals surface area contributed by atoms with E-state index in [0.717, 1.165) is 23.5 Å². The Labute approximate surface area is 161 Å². The van der Waals surface area contributed by atoms with Crippen molar-refractivity contribution in [3.63, 3.8) is 0 Å². The van der Waals surface area contributed by atoms with Crippen LogP contribution in [0.15, 0.2) is 53.0 Å². The highest BCUT2D eigenvalue weighted by Crippen LogP contribution is 2.33. The van der Waals surface area contributed by atoms with Crippen LogP contribution in [0.2, 0.25) is 0 Å². The number of esters is 1. The summed E-state index contributed by atoms with van der Waals surface area (Å²) in [6.07, 6.45) is 0.957. The lowest BCUT2D eigenvalue weighted by molar-refractivity contribution is -0.139. The zero-order valence-electron chi connectivity index (χ0n) is 15.0. The fourth-order valence-electron chi connectivity index (χ4n) is 3.62. The molecule has 0 unspecified atom stereocenters. The van der Waals surface area contributed by atoms with E-state index in [1.165, 1.54) is 16.9 Å². The zero-order chi connectivity index (χ0) is 18.8. The molecule has 0 radical (unpaired) electrons. The Morgan fingerprint density at radius 3 is 2.93 bits per heavy atom. The maximum Gasteiger partial charge on any atom is 0.338 e. The van der Waals surface area contributed by atoms with Crippen molar-refractivity contribution in [2.24, 2.45) is 0 Å². The van der Waals surface area contributed by atoms with Crippen molar-refractivity contribution in [3.8, 4) is 0 Å². The van der Waals surface area contributed by atoms with Crippen molar-refractivity contribution in [1.82, 2.24) is 10.6 Å². The number of carbonyl (C=O) groups excluding carboxylic acids is 2. The third kappa shape index (κ3) is 3.42. The first-order valence-corrected chi connectivity index (χ1v) is 9.89. The number of carbonyl (C=O) groups is 2. The predicted octanol–water partition coefficient (Wildman–Crippen LogP) is 2.98. The molecule has 2 aliphatic heterocycles. The normalized spacial score (nSPS) is 18.8. The molecule has 2 aliphatic rings. The molecule has 6 nitrogen and oxygen atoms in total. The summed E-state index contributed by atoms with van der Waals surface area (Å²) in [6.45, 7) is 3.38. The van der Waals surface area contributed by atoms with Crippen LogP contribution in [0.25, 0.3) is 0 Å². The summed E-state index contributed by atoms with van der Waals surface area (Å²) >= 11 is 1.51. The van der Waals surface area contributed by atoms with Gasteiger partial charge in [-0.3, -0.25) is 0 Å².